The van der Waals surface area contributed by atoms with Gasteiger partial charge in [-0.2, -0.15) is 0 Å². The number of hydrogen-bond acceptors (Lipinski definition) is 6. The molecule has 0 aliphatic carbocycles. The van der Waals surface area contributed by atoms with E-state index in [1.807, 2.05) is 0 Å². The maximum Gasteiger partial charge on any atom is 0.264 e. The largest absolute Gasteiger partial charge is 0.337 e. The number of rotatable bonds is 6. The number of nitrogens with zero attached hydrogens (tertiary/aromatic N) is 2. The molecule has 1 amide bonds. The first-order valence-electron chi connectivity index (χ1n) is 8.69. The Labute approximate surface area is 167 Å². The molecular formula is C19H20N4O5S. The molecule has 2 heterocycles. The Hall–Kier alpha value is -3.40. The van der Waals surface area contributed by atoms with Gasteiger partial charge in [0.15, 0.2) is 0 Å². The highest BCUT2D eigenvalue weighted by atomic mass is 32.2. The number of aryl methyl sites for hydroxylation is 2. The summed E-state index contributed by atoms with van der Waals surface area (Å²) in [6, 6.07) is 9.00. The molecule has 1 aromatic carbocycles. The Bertz CT molecular complexity index is 1210. The number of pyridine rings is 1. The van der Waals surface area contributed by atoms with Crippen LogP contribution in [0.1, 0.15) is 16.8 Å². The molecule has 0 radical (unpaired) electrons. The van der Waals surface area contributed by atoms with Crippen molar-refractivity contribution in [1.82, 2.24) is 9.72 Å². The van der Waals surface area contributed by atoms with Crippen molar-refractivity contribution < 1.29 is 17.7 Å². The average Bonchev–Trinajstić information content (AvgIpc) is 2.97. The molecule has 2 aromatic heterocycles. The maximum atomic E-state index is 12.5. The second-order valence-electron chi connectivity index (χ2n) is 6.52. The number of aromatic nitrogens is 2. The minimum Gasteiger partial charge on any atom is -0.337 e. The van der Waals surface area contributed by atoms with E-state index in [-0.39, 0.29) is 22.9 Å². The third kappa shape index (κ3) is 4.54. The third-order valence-corrected chi connectivity index (χ3v) is 5.70. The van der Waals surface area contributed by atoms with Crippen molar-refractivity contribution in [2.24, 2.45) is 0 Å². The van der Waals surface area contributed by atoms with Crippen molar-refractivity contribution in [3.8, 4) is 0 Å². The topological polar surface area (TPSA) is 123 Å². The molecule has 152 valence electrons. The maximum absolute atomic E-state index is 12.5. The number of anilines is 2. The normalized spacial score (nSPS) is 11.3. The summed E-state index contributed by atoms with van der Waals surface area (Å²) in [7, 11) is -3.87. The number of carbonyl (C=O) groups is 1. The van der Waals surface area contributed by atoms with Gasteiger partial charge in [-0.1, -0.05) is 11.2 Å². The quantitative estimate of drug-likeness (QED) is 0.635. The fourth-order valence-electron chi connectivity index (χ4n) is 2.55. The zero-order valence-corrected chi connectivity index (χ0v) is 16.9. The van der Waals surface area contributed by atoms with Gasteiger partial charge in [-0.25, -0.2) is 13.1 Å². The van der Waals surface area contributed by atoms with Crippen LogP contribution in [0.4, 0.5) is 11.6 Å². The Morgan fingerprint density at radius 1 is 1.14 bits per heavy atom. The average molecular weight is 416 g/mol. The predicted molar refractivity (Wildman–Crippen MR) is 107 cm³/mol. The Kier molecular flexibility index (Phi) is 5.55. The lowest BCUT2D eigenvalue weighted by atomic mass is 10.3. The van der Waals surface area contributed by atoms with E-state index in [0.717, 1.165) is 0 Å². The summed E-state index contributed by atoms with van der Waals surface area (Å²) in [6.07, 6.45) is 1.53. The first-order chi connectivity index (χ1) is 13.7. The van der Waals surface area contributed by atoms with Gasteiger partial charge < -0.3 is 14.4 Å². The van der Waals surface area contributed by atoms with E-state index in [2.05, 4.69) is 15.2 Å². The van der Waals surface area contributed by atoms with Crippen LogP contribution in [0.3, 0.4) is 0 Å². The molecule has 0 saturated heterocycles. The lowest BCUT2D eigenvalue weighted by Crippen LogP contribution is -2.28. The van der Waals surface area contributed by atoms with Gasteiger partial charge in [0.2, 0.25) is 11.8 Å². The van der Waals surface area contributed by atoms with Crippen LogP contribution < -0.4 is 15.6 Å². The summed E-state index contributed by atoms with van der Waals surface area (Å²) < 4.78 is 33.6. The van der Waals surface area contributed by atoms with E-state index in [1.54, 1.807) is 32.9 Å². The van der Waals surface area contributed by atoms with Gasteiger partial charge >= 0.3 is 0 Å². The first kappa shape index (κ1) is 20.3. The number of sulfonamides is 1. The molecule has 0 bridgehead atoms. The van der Waals surface area contributed by atoms with E-state index >= 15 is 0 Å². The predicted octanol–water partition coefficient (Wildman–Crippen LogP) is 2.20. The highest BCUT2D eigenvalue weighted by molar-refractivity contribution is 7.92. The van der Waals surface area contributed by atoms with Crippen LogP contribution in [-0.2, 0) is 21.4 Å². The van der Waals surface area contributed by atoms with Gasteiger partial charge in [-0.05, 0) is 51.1 Å². The van der Waals surface area contributed by atoms with E-state index in [9.17, 15) is 18.0 Å². The molecule has 0 atom stereocenters. The summed E-state index contributed by atoms with van der Waals surface area (Å²) in [5.41, 5.74) is 1.89. The van der Waals surface area contributed by atoms with Crippen molar-refractivity contribution in [2.45, 2.75) is 32.2 Å². The summed E-state index contributed by atoms with van der Waals surface area (Å²) in [5.74, 6) is -0.345. The minimum atomic E-state index is -3.87. The molecule has 0 aliphatic heterocycles. The van der Waals surface area contributed by atoms with Crippen LogP contribution in [0, 0.1) is 20.8 Å². The lowest BCUT2D eigenvalue weighted by molar-refractivity contribution is -0.116. The van der Waals surface area contributed by atoms with Crippen LogP contribution in [0.5, 0.6) is 0 Å². The fraction of sp³-hybridized carbons (Fsp3) is 0.211. The number of nitrogens with one attached hydrogen (secondary N) is 2. The minimum absolute atomic E-state index is 0.00106. The molecular weight excluding hydrogens is 396 g/mol. The zero-order valence-electron chi connectivity index (χ0n) is 16.1. The molecule has 3 rings (SSSR count). The van der Waals surface area contributed by atoms with Crippen LogP contribution in [0.25, 0.3) is 0 Å². The van der Waals surface area contributed by atoms with E-state index < -0.39 is 15.9 Å². The van der Waals surface area contributed by atoms with Crippen LogP contribution in [0.15, 0.2) is 56.8 Å². The number of carbonyl (C=O) groups excluding carboxylic acids is 1. The SMILES string of the molecule is Cc1noc(NS(=O)(=O)c2ccc(NC(=O)Cn3cccc(C)c3=O)cc2)c1C. The Balaban J connectivity index is 1.69. The van der Waals surface area contributed by atoms with Gasteiger partial charge in [-0.15, -0.1) is 0 Å². The first-order valence-corrected chi connectivity index (χ1v) is 10.2. The summed E-state index contributed by atoms with van der Waals surface area (Å²) >= 11 is 0. The van der Waals surface area contributed by atoms with Crippen molar-refractivity contribution in [1.29, 1.82) is 0 Å². The highest BCUT2D eigenvalue weighted by Gasteiger charge is 2.19. The molecule has 10 heteroatoms. The van der Waals surface area contributed by atoms with Crippen LogP contribution in [-0.4, -0.2) is 24.0 Å². The molecule has 0 unspecified atom stereocenters. The van der Waals surface area contributed by atoms with Crippen LogP contribution in [0.2, 0.25) is 0 Å². The monoisotopic (exact) mass is 416 g/mol. The van der Waals surface area contributed by atoms with Gasteiger partial charge in [-0.3, -0.25) is 9.59 Å². The molecule has 0 aliphatic rings. The summed E-state index contributed by atoms with van der Waals surface area (Å²) in [4.78, 5) is 24.2. The molecule has 0 saturated carbocycles. The molecule has 2 N–H and O–H groups in total. The van der Waals surface area contributed by atoms with Gasteiger partial charge in [0.1, 0.15) is 6.54 Å². The smallest absolute Gasteiger partial charge is 0.264 e. The number of hydrogen-bond donors (Lipinski definition) is 2. The second kappa shape index (κ2) is 7.92. The molecule has 3 aromatic rings. The summed E-state index contributed by atoms with van der Waals surface area (Å²) in [5, 5.41) is 6.35. The molecule has 0 fully saturated rings. The summed E-state index contributed by atoms with van der Waals surface area (Å²) in [6.45, 7) is 4.93. The van der Waals surface area contributed by atoms with Crippen molar-refractivity contribution in [3.05, 3.63) is 69.8 Å². The van der Waals surface area contributed by atoms with Gasteiger partial charge in [0.05, 0.1) is 10.6 Å². The van der Waals surface area contributed by atoms with E-state index in [0.29, 0.717) is 22.5 Å². The highest BCUT2D eigenvalue weighted by Crippen LogP contribution is 2.22. The van der Waals surface area contributed by atoms with Crippen molar-refractivity contribution >= 4 is 27.5 Å². The lowest BCUT2D eigenvalue weighted by Gasteiger charge is -2.09. The zero-order chi connectivity index (χ0) is 21.2. The van der Waals surface area contributed by atoms with Gasteiger partial charge in [0.25, 0.3) is 15.6 Å². The van der Waals surface area contributed by atoms with Crippen LogP contribution >= 0.6 is 0 Å². The van der Waals surface area contributed by atoms with Gasteiger partial charge in [0, 0.05) is 23.0 Å². The second-order valence-corrected chi connectivity index (χ2v) is 8.21. The Morgan fingerprint density at radius 2 is 1.83 bits per heavy atom. The molecule has 9 nitrogen and oxygen atoms in total. The van der Waals surface area contributed by atoms with Crippen molar-refractivity contribution in [3.63, 3.8) is 0 Å². The van der Waals surface area contributed by atoms with E-state index in [1.165, 1.54) is 35.0 Å². The fourth-order valence-corrected chi connectivity index (χ4v) is 3.59. The number of benzene rings is 1. The van der Waals surface area contributed by atoms with E-state index in [4.69, 9.17) is 4.52 Å². The third-order valence-electron chi connectivity index (χ3n) is 4.36. The van der Waals surface area contributed by atoms with Crippen molar-refractivity contribution in [2.75, 3.05) is 10.0 Å². The molecule has 29 heavy (non-hydrogen) atoms. The Morgan fingerprint density at radius 3 is 2.45 bits per heavy atom. The molecule has 0 spiro atoms. The number of amides is 1. The standard InChI is InChI=1S/C19H20N4O5S/c1-12-5-4-10-23(19(12)25)11-17(24)20-15-6-8-16(9-7-15)29(26,27)22-18-13(2)14(3)21-28-18/h4-10,22H,11H2,1-3H3,(H,20,24).